The number of rotatable bonds is 11. The lowest BCUT2D eigenvalue weighted by atomic mass is 9.89. The molecule has 14 nitrogen and oxygen atoms in total. The number of thioether (sulfide) groups is 2. The van der Waals surface area contributed by atoms with Crippen molar-refractivity contribution in [3.63, 3.8) is 0 Å². The van der Waals surface area contributed by atoms with Crippen LogP contribution in [0.15, 0.2) is 43.7 Å². The number of oxime groups is 1. The Bertz CT molecular complexity index is 1450. The van der Waals surface area contributed by atoms with Crippen LogP contribution in [0.25, 0.3) is 0 Å². The number of allylic oxidation sites excluding steroid dienone is 1. The van der Waals surface area contributed by atoms with E-state index in [1.54, 1.807) is 23.1 Å². The highest BCUT2D eigenvalue weighted by Gasteiger charge is 2.54. The van der Waals surface area contributed by atoms with Gasteiger partial charge in [-0.3, -0.25) is 19.3 Å². The first-order chi connectivity index (χ1) is 20.9. The molecule has 0 unspecified atom stereocenters. The molecular weight excluding hydrogens is 639 g/mol. The largest absolute Gasteiger partial charge is 0.428 e. The number of nitrogens with zero attached hydrogens (tertiary/aromatic N) is 5. The highest BCUT2D eigenvalue weighted by atomic mass is 32.2. The van der Waals surface area contributed by atoms with Gasteiger partial charge in [-0.2, -0.15) is 0 Å². The fourth-order valence-corrected chi connectivity index (χ4v) is 7.77. The van der Waals surface area contributed by atoms with Gasteiger partial charge in [-0.05, 0) is 41.4 Å². The minimum atomic E-state index is -0.953. The first-order valence-electron chi connectivity index (χ1n) is 13.1. The van der Waals surface area contributed by atoms with Gasteiger partial charge in [-0.15, -0.1) is 28.2 Å². The van der Waals surface area contributed by atoms with Crippen LogP contribution in [-0.2, 0) is 33.5 Å². The molecule has 18 heteroatoms. The maximum Gasteiger partial charge on any atom is 0.358 e. The maximum atomic E-state index is 13.4. The molecule has 2 aliphatic heterocycles. The third-order valence-corrected chi connectivity index (χ3v) is 10.3. The molecule has 2 aromatic rings. The number of thiazole rings is 1. The molecule has 0 bridgehead atoms. The van der Waals surface area contributed by atoms with Gasteiger partial charge in [0.1, 0.15) is 34.1 Å². The van der Waals surface area contributed by atoms with Crippen molar-refractivity contribution >= 4 is 81.0 Å². The SMILES string of the molecule is CON=C(C(=O)N[C@@H]1C(=O)N2C(C(=O)OCOC(=O)C3CCCCC3)=C(/C=C/Sc3cnns3)CS[C@H]12)c1csc(N)n1. The maximum absolute atomic E-state index is 13.4. The van der Waals surface area contributed by atoms with E-state index in [9.17, 15) is 19.2 Å². The quantitative estimate of drug-likeness (QED) is 0.0891. The molecule has 2 fully saturated rings. The van der Waals surface area contributed by atoms with Crippen molar-refractivity contribution in [1.29, 1.82) is 0 Å². The molecule has 1 aliphatic carbocycles. The number of nitrogens with two attached hydrogens (primary N) is 1. The number of anilines is 1. The molecule has 1 saturated heterocycles. The number of nitrogen functional groups attached to an aromatic ring is 1. The summed E-state index contributed by atoms with van der Waals surface area (Å²) in [5.74, 6) is -2.28. The number of nitrogens with one attached hydrogen (secondary N) is 1. The van der Waals surface area contributed by atoms with Gasteiger partial charge >= 0.3 is 11.9 Å². The number of hydrogen-bond donors (Lipinski definition) is 2. The highest BCUT2D eigenvalue weighted by molar-refractivity contribution is 8.03. The number of fused-ring (bicyclic) bond motifs is 1. The third kappa shape index (κ3) is 7.19. The first-order valence-corrected chi connectivity index (χ1v) is 16.7. The zero-order valence-corrected chi connectivity index (χ0v) is 26.1. The Morgan fingerprint density at radius 3 is 2.77 bits per heavy atom. The van der Waals surface area contributed by atoms with Crippen molar-refractivity contribution in [3.05, 3.63) is 40.0 Å². The zero-order valence-electron chi connectivity index (χ0n) is 22.8. The smallest absolute Gasteiger partial charge is 0.358 e. The van der Waals surface area contributed by atoms with Gasteiger partial charge in [0.25, 0.3) is 11.8 Å². The number of ether oxygens (including phenoxy) is 2. The monoisotopic (exact) mass is 665 g/mol. The Morgan fingerprint density at radius 1 is 1.26 bits per heavy atom. The highest BCUT2D eigenvalue weighted by Crippen LogP contribution is 2.41. The van der Waals surface area contributed by atoms with E-state index >= 15 is 0 Å². The van der Waals surface area contributed by atoms with E-state index in [2.05, 4.69) is 25.0 Å². The van der Waals surface area contributed by atoms with Crippen LogP contribution in [0.5, 0.6) is 0 Å². The van der Waals surface area contributed by atoms with E-state index in [4.69, 9.17) is 20.0 Å². The van der Waals surface area contributed by atoms with Crippen molar-refractivity contribution in [2.45, 2.75) is 47.7 Å². The Labute approximate surface area is 262 Å². The molecule has 3 aliphatic rings. The first kappa shape index (κ1) is 31.0. The average molecular weight is 666 g/mol. The second kappa shape index (κ2) is 14.3. The fraction of sp³-hybridized carbons (Fsp3) is 0.440. The van der Waals surface area contributed by atoms with Crippen molar-refractivity contribution in [2.75, 3.05) is 25.4 Å². The molecular formula is C25H27N7O7S4. The number of β-lactam (4-membered cyclic amide) rings is 1. The number of carbonyl (C=O) groups is 4. The van der Waals surface area contributed by atoms with Gasteiger partial charge in [0.05, 0.1) is 12.1 Å². The molecule has 3 N–H and O–H groups in total. The normalized spacial score (nSPS) is 20.9. The minimum Gasteiger partial charge on any atom is -0.428 e. The molecule has 0 spiro atoms. The zero-order chi connectivity index (χ0) is 30.3. The summed E-state index contributed by atoms with van der Waals surface area (Å²) in [5, 5.41) is 13.2. The van der Waals surface area contributed by atoms with Crippen LogP contribution in [0.1, 0.15) is 37.8 Å². The van der Waals surface area contributed by atoms with Crippen molar-refractivity contribution < 1.29 is 33.5 Å². The minimum absolute atomic E-state index is 0.0188. The fourth-order valence-electron chi connectivity index (χ4n) is 4.72. The van der Waals surface area contributed by atoms with Crippen LogP contribution in [0.4, 0.5) is 5.13 Å². The molecule has 2 amide bonds. The number of amides is 2. The summed E-state index contributed by atoms with van der Waals surface area (Å²) >= 11 is 5.07. The summed E-state index contributed by atoms with van der Waals surface area (Å²) in [5.41, 5.74) is 6.31. The van der Waals surface area contributed by atoms with E-state index in [1.807, 2.05) is 0 Å². The molecule has 2 aromatic heterocycles. The predicted octanol–water partition coefficient (Wildman–Crippen LogP) is 2.51. The summed E-state index contributed by atoms with van der Waals surface area (Å²) in [6.45, 7) is -0.566. The van der Waals surface area contributed by atoms with Crippen LogP contribution in [0.2, 0.25) is 0 Å². The van der Waals surface area contributed by atoms with E-state index in [0.29, 0.717) is 11.3 Å². The molecule has 228 valence electrons. The Balaban J connectivity index is 1.29. The van der Waals surface area contributed by atoms with Crippen LogP contribution in [0, 0.1) is 5.92 Å². The molecule has 43 heavy (non-hydrogen) atoms. The lowest BCUT2D eigenvalue weighted by molar-refractivity contribution is -0.171. The van der Waals surface area contributed by atoms with Crippen LogP contribution >= 0.6 is 46.4 Å². The van der Waals surface area contributed by atoms with Crippen LogP contribution < -0.4 is 11.1 Å². The lowest BCUT2D eigenvalue weighted by Crippen LogP contribution is -2.71. The number of hydrogen-bond acceptors (Lipinski definition) is 16. The van der Waals surface area contributed by atoms with Crippen LogP contribution in [-0.4, -0.2) is 80.0 Å². The number of aromatic nitrogens is 3. The second-order valence-electron chi connectivity index (χ2n) is 9.43. The average Bonchev–Trinajstić information content (AvgIpc) is 3.70. The Morgan fingerprint density at radius 2 is 2.07 bits per heavy atom. The van der Waals surface area contributed by atoms with Crippen molar-refractivity contribution in [1.82, 2.24) is 24.8 Å². The van der Waals surface area contributed by atoms with Gasteiger partial charge in [0, 0.05) is 11.1 Å². The van der Waals surface area contributed by atoms with Crippen molar-refractivity contribution in [3.8, 4) is 0 Å². The van der Waals surface area contributed by atoms with Gasteiger partial charge in [-0.25, -0.2) is 9.78 Å². The summed E-state index contributed by atoms with van der Waals surface area (Å²) < 4.78 is 15.2. The number of esters is 2. The van der Waals surface area contributed by atoms with Gasteiger partial charge in [0.2, 0.25) is 6.79 Å². The summed E-state index contributed by atoms with van der Waals surface area (Å²) in [4.78, 5) is 62.4. The van der Waals surface area contributed by atoms with E-state index < -0.39 is 42.0 Å². The van der Waals surface area contributed by atoms with Gasteiger partial charge < -0.3 is 25.4 Å². The Kier molecular flexibility index (Phi) is 10.3. The predicted molar refractivity (Wildman–Crippen MR) is 161 cm³/mol. The third-order valence-electron chi connectivity index (χ3n) is 6.76. The molecule has 4 heterocycles. The van der Waals surface area contributed by atoms with Gasteiger partial charge in [0.15, 0.2) is 10.8 Å². The molecule has 0 aromatic carbocycles. The summed E-state index contributed by atoms with van der Waals surface area (Å²) in [6.07, 6.45) is 7.84. The van der Waals surface area contributed by atoms with Crippen LogP contribution in [0.3, 0.4) is 0 Å². The topological polar surface area (TPSA) is 188 Å². The summed E-state index contributed by atoms with van der Waals surface area (Å²) in [7, 11) is 1.28. The summed E-state index contributed by atoms with van der Waals surface area (Å²) in [6, 6.07) is -0.953. The van der Waals surface area contributed by atoms with E-state index in [0.717, 1.165) is 47.7 Å². The van der Waals surface area contributed by atoms with E-state index in [-0.39, 0.29) is 28.2 Å². The van der Waals surface area contributed by atoms with Crippen molar-refractivity contribution in [2.24, 2.45) is 11.1 Å². The molecule has 5 rings (SSSR count). The molecule has 0 radical (unpaired) electrons. The number of carbonyl (C=O) groups excluding carboxylic acids is 4. The molecule has 2 atom stereocenters. The standard InChI is InChI=1S/C25H27N7O7S4/c1-37-30-17(15-11-42-25(26)28-15)20(33)29-18-21(34)32-19(24(36)39-12-38-23(35)13-5-3-2-4-6-13)14(10-41-22(18)32)7-8-40-16-9-27-31-43-16/h7-9,11,13,18,22H,2-6,10,12H2,1H3,(H2,26,28)(H,29,33)/b8-7+,30-17?/t18-,22-/m1/s1. The lowest BCUT2D eigenvalue weighted by Gasteiger charge is -2.49. The second-order valence-corrected chi connectivity index (χ2v) is 13.4. The molecule has 1 saturated carbocycles. The van der Waals surface area contributed by atoms with E-state index in [1.165, 1.54) is 47.1 Å². The van der Waals surface area contributed by atoms with Gasteiger partial charge in [-0.1, -0.05) is 40.7 Å². The Hall–Kier alpha value is -3.48.